The predicted molar refractivity (Wildman–Crippen MR) is 107 cm³/mol. The van der Waals surface area contributed by atoms with E-state index >= 15 is 0 Å². The van der Waals surface area contributed by atoms with Crippen LogP contribution in [0.5, 0.6) is 5.75 Å². The Balaban J connectivity index is 2.00. The van der Waals surface area contributed by atoms with E-state index in [-0.39, 0.29) is 40.1 Å². The monoisotopic (exact) mass is 421 g/mol. The maximum Gasteiger partial charge on any atom is 0.267 e. The van der Waals surface area contributed by atoms with Crippen LogP contribution >= 0.6 is 0 Å². The van der Waals surface area contributed by atoms with Crippen LogP contribution in [0.1, 0.15) is 39.2 Å². The van der Waals surface area contributed by atoms with E-state index < -0.39 is 23.6 Å². The lowest BCUT2D eigenvalue weighted by Gasteiger charge is -2.27. The number of hydrogen-bond acceptors (Lipinski definition) is 4. The van der Waals surface area contributed by atoms with Gasteiger partial charge in [-0.05, 0) is 31.4 Å². The van der Waals surface area contributed by atoms with Crippen molar-refractivity contribution in [2.45, 2.75) is 39.2 Å². The highest BCUT2D eigenvalue weighted by molar-refractivity contribution is 5.94. The molecule has 160 valence electrons. The molecule has 30 heavy (non-hydrogen) atoms. The number of fused-ring (bicyclic) bond motifs is 1. The summed E-state index contributed by atoms with van der Waals surface area (Å²) in [6.45, 7) is 5.85. The molecule has 1 atom stereocenters. The van der Waals surface area contributed by atoms with E-state index in [1.807, 2.05) is 13.8 Å². The molecule has 0 saturated heterocycles. The van der Waals surface area contributed by atoms with Gasteiger partial charge in [-0.3, -0.25) is 9.97 Å². The first-order valence-corrected chi connectivity index (χ1v) is 9.51. The Kier molecular flexibility index (Phi) is 6.26. The van der Waals surface area contributed by atoms with Gasteiger partial charge in [-0.15, -0.1) is 0 Å². The fourth-order valence-electron chi connectivity index (χ4n) is 3.55. The maximum absolute atomic E-state index is 14.4. The second-order valence-corrected chi connectivity index (χ2v) is 8.09. The standard InChI is InChI=1S/C22H23F4N3O/c1-12(2)9-22(3,27)11-30-19-10-29-17(8-15(19)21(25)26)14-4-5-28-18-7-13(23)6-16(24)20(14)18/h4-8,10,12,21H,9,11,27H2,1-3H3. The van der Waals surface area contributed by atoms with E-state index in [4.69, 9.17) is 10.5 Å². The molecule has 0 fully saturated rings. The van der Waals surface area contributed by atoms with Crippen molar-refractivity contribution in [3.8, 4) is 17.0 Å². The lowest BCUT2D eigenvalue weighted by Crippen LogP contribution is -2.43. The van der Waals surface area contributed by atoms with Crippen LogP contribution in [-0.2, 0) is 0 Å². The highest BCUT2D eigenvalue weighted by Crippen LogP contribution is 2.35. The van der Waals surface area contributed by atoms with Crippen molar-refractivity contribution in [1.29, 1.82) is 0 Å². The van der Waals surface area contributed by atoms with Crippen molar-refractivity contribution in [3.05, 3.63) is 53.9 Å². The van der Waals surface area contributed by atoms with Crippen LogP contribution in [0, 0.1) is 17.6 Å². The molecule has 0 spiro atoms. The fourth-order valence-corrected chi connectivity index (χ4v) is 3.55. The summed E-state index contributed by atoms with van der Waals surface area (Å²) in [6, 6.07) is 4.38. The van der Waals surface area contributed by atoms with Gasteiger partial charge in [0.05, 0.1) is 23.0 Å². The van der Waals surface area contributed by atoms with Gasteiger partial charge in [0.15, 0.2) is 0 Å². The molecule has 2 heterocycles. The molecule has 1 aromatic carbocycles. The molecule has 2 aromatic heterocycles. The second-order valence-electron chi connectivity index (χ2n) is 8.09. The molecule has 0 saturated carbocycles. The minimum Gasteiger partial charge on any atom is -0.490 e. The Morgan fingerprint density at radius 2 is 1.87 bits per heavy atom. The van der Waals surface area contributed by atoms with Gasteiger partial charge >= 0.3 is 0 Å². The molecule has 0 aliphatic heterocycles. The van der Waals surface area contributed by atoms with Gasteiger partial charge in [-0.1, -0.05) is 13.8 Å². The van der Waals surface area contributed by atoms with Gasteiger partial charge < -0.3 is 10.5 Å². The highest BCUT2D eigenvalue weighted by Gasteiger charge is 2.24. The van der Waals surface area contributed by atoms with E-state index in [0.717, 1.165) is 18.2 Å². The molecule has 2 N–H and O–H groups in total. The van der Waals surface area contributed by atoms with E-state index in [1.54, 1.807) is 6.92 Å². The number of nitrogens with two attached hydrogens (primary N) is 1. The molecular formula is C22H23F4N3O. The summed E-state index contributed by atoms with van der Waals surface area (Å²) < 4.78 is 60.9. The summed E-state index contributed by atoms with van der Waals surface area (Å²) in [5.74, 6) is -1.39. The van der Waals surface area contributed by atoms with Crippen LogP contribution in [0.3, 0.4) is 0 Å². The summed E-state index contributed by atoms with van der Waals surface area (Å²) in [7, 11) is 0. The number of rotatable bonds is 7. The van der Waals surface area contributed by atoms with Crippen LogP contribution in [-0.4, -0.2) is 22.1 Å². The molecule has 0 aliphatic carbocycles. The molecule has 0 radical (unpaired) electrons. The first-order valence-electron chi connectivity index (χ1n) is 9.51. The molecule has 0 aliphatic rings. The van der Waals surface area contributed by atoms with Crippen LogP contribution < -0.4 is 10.5 Å². The van der Waals surface area contributed by atoms with Crippen LogP contribution in [0.25, 0.3) is 22.2 Å². The Bertz CT molecular complexity index is 1050. The largest absolute Gasteiger partial charge is 0.490 e. The Labute approximate surface area is 172 Å². The Morgan fingerprint density at radius 1 is 1.13 bits per heavy atom. The number of pyridine rings is 2. The van der Waals surface area contributed by atoms with E-state index in [9.17, 15) is 17.6 Å². The average Bonchev–Trinajstić information content (AvgIpc) is 2.64. The average molecular weight is 421 g/mol. The zero-order valence-electron chi connectivity index (χ0n) is 16.9. The smallest absolute Gasteiger partial charge is 0.267 e. The van der Waals surface area contributed by atoms with E-state index in [2.05, 4.69) is 9.97 Å². The third-order valence-electron chi connectivity index (χ3n) is 4.60. The van der Waals surface area contributed by atoms with Crippen molar-refractivity contribution < 1.29 is 22.3 Å². The van der Waals surface area contributed by atoms with Gasteiger partial charge in [0.2, 0.25) is 0 Å². The van der Waals surface area contributed by atoms with Gasteiger partial charge in [0.25, 0.3) is 6.43 Å². The molecule has 3 aromatic rings. The Morgan fingerprint density at radius 3 is 2.53 bits per heavy atom. The van der Waals surface area contributed by atoms with Crippen LogP contribution in [0.4, 0.5) is 17.6 Å². The molecule has 8 heteroatoms. The molecule has 1 unspecified atom stereocenters. The minimum absolute atomic E-state index is 0.00625. The van der Waals surface area contributed by atoms with Crippen molar-refractivity contribution >= 4 is 10.9 Å². The van der Waals surface area contributed by atoms with Crippen molar-refractivity contribution in [3.63, 3.8) is 0 Å². The second kappa shape index (κ2) is 8.55. The van der Waals surface area contributed by atoms with Crippen molar-refractivity contribution in [2.24, 2.45) is 11.7 Å². The Hall–Kier alpha value is -2.74. The predicted octanol–water partition coefficient (Wildman–Crippen LogP) is 5.65. The minimum atomic E-state index is -2.84. The number of alkyl halides is 2. The number of benzene rings is 1. The fraction of sp³-hybridized carbons (Fsp3) is 0.364. The van der Waals surface area contributed by atoms with Gasteiger partial charge in [0.1, 0.15) is 24.0 Å². The van der Waals surface area contributed by atoms with Crippen molar-refractivity contribution in [2.75, 3.05) is 6.61 Å². The summed E-state index contributed by atoms with van der Waals surface area (Å²) in [5, 5.41) is 0.00625. The van der Waals surface area contributed by atoms with E-state index in [1.165, 1.54) is 18.5 Å². The quantitative estimate of drug-likeness (QED) is 0.501. The third-order valence-corrected chi connectivity index (χ3v) is 4.60. The third kappa shape index (κ3) is 4.87. The number of nitrogens with zero attached hydrogens (tertiary/aromatic N) is 2. The van der Waals surface area contributed by atoms with Gasteiger partial charge in [-0.25, -0.2) is 17.6 Å². The number of hydrogen-bond donors (Lipinski definition) is 1. The number of halogens is 4. The summed E-state index contributed by atoms with van der Waals surface area (Å²) in [4.78, 5) is 8.13. The number of aromatic nitrogens is 2. The van der Waals surface area contributed by atoms with Crippen LogP contribution in [0.2, 0.25) is 0 Å². The zero-order chi connectivity index (χ0) is 22.1. The first kappa shape index (κ1) is 22.0. The number of ether oxygens (including phenoxy) is 1. The summed E-state index contributed by atoms with van der Waals surface area (Å²) in [5.41, 5.74) is 5.52. The van der Waals surface area contributed by atoms with Crippen LogP contribution in [0.15, 0.2) is 36.7 Å². The molecule has 0 bridgehead atoms. The SMILES string of the molecule is CC(C)CC(C)(N)COc1cnc(-c2ccnc3cc(F)cc(F)c23)cc1C(F)F. The normalized spacial score (nSPS) is 13.8. The highest BCUT2D eigenvalue weighted by atomic mass is 19.3. The molecule has 4 nitrogen and oxygen atoms in total. The molecular weight excluding hydrogens is 398 g/mol. The summed E-state index contributed by atoms with van der Waals surface area (Å²) >= 11 is 0. The first-order chi connectivity index (χ1) is 14.1. The molecule has 0 amide bonds. The van der Waals surface area contributed by atoms with Gasteiger partial charge in [0, 0.05) is 34.8 Å². The maximum atomic E-state index is 14.4. The molecule has 3 rings (SSSR count). The van der Waals surface area contributed by atoms with Gasteiger partial charge in [-0.2, -0.15) is 0 Å². The lowest BCUT2D eigenvalue weighted by molar-refractivity contribution is 0.139. The zero-order valence-corrected chi connectivity index (χ0v) is 16.9. The van der Waals surface area contributed by atoms with Crippen molar-refractivity contribution in [1.82, 2.24) is 9.97 Å². The van der Waals surface area contributed by atoms with E-state index in [0.29, 0.717) is 12.3 Å². The lowest BCUT2D eigenvalue weighted by atomic mass is 9.93. The summed E-state index contributed by atoms with van der Waals surface area (Å²) in [6.07, 6.45) is 0.333. The topological polar surface area (TPSA) is 61.0 Å².